The average Bonchev–Trinajstić information content (AvgIpc) is 2.55. The minimum atomic E-state index is 1.28. The van der Waals surface area contributed by atoms with Crippen LogP contribution < -0.4 is 0 Å². The molecule has 0 saturated heterocycles. The van der Waals surface area contributed by atoms with Gasteiger partial charge >= 0.3 is 0 Å². The molecule has 0 unspecified atom stereocenters. The summed E-state index contributed by atoms with van der Waals surface area (Å²) in [6.45, 7) is 0. The summed E-state index contributed by atoms with van der Waals surface area (Å²) in [6.07, 6.45) is 0. The zero-order chi connectivity index (χ0) is 14.2. The topological polar surface area (TPSA) is 0 Å². The number of hydrogen-bond donors (Lipinski definition) is 0. The molecule has 4 rings (SSSR count). The molecular formula is C20H13I. The van der Waals surface area contributed by atoms with Crippen molar-refractivity contribution in [1.82, 2.24) is 0 Å². The summed E-state index contributed by atoms with van der Waals surface area (Å²) in [6, 6.07) is 28.2. The first kappa shape index (κ1) is 12.8. The van der Waals surface area contributed by atoms with Crippen LogP contribution in [0.25, 0.3) is 32.7 Å². The predicted molar refractivity (Wildman–Crippen MR) is 99.6 cm³/mol. The monoisotopic (exact) mass is 380 g/mol. The predicted octanol–water partition coefficient (Wildman–Crippen LogP) is 6.26. The molecule has 0 fully saturated rings. The van der Waals surface area contributed by atoms with Crippen molar-refractivity contribution < 1.29 is 0 Å². The van der Waals surface area contributed by atoms with Crippen molar-refractivity contribution in [2.75, 3.05) is 0 Å². The molecule has 0 heterocycles. The Balaban J connectivity index is 2.16. The highest BCUT2D eigenvalue weighted by Crippen LogP contribution is 2.36. The quantitative estimate of drug-likeness (QED) is 0.270. The summed E-state index contributed by atoms with van der Waals surface area (Å²) in [7, 11) is 0. The maximum Gasteiger partial charge on any atom is 0.0215 e. The molecule has 0 spiro atoms. The van der Waals surface area contributed by atoms with Gasteiger partial charge in [0, 0.05) is 9.13 Å². The van der Waals surface area contributed by atoms with E-state index in [4.69, 9.17) is 0 Å². The van der Waals surface area contributed by atoms with E-state index in [1.54, 1.807) is 0 Å². The van der Waals surface area contributed by atoms with Crippen molar-refractivity contribution >= 4 is 44.1 Å². The Morgan fingerprint density at radius 2 is 1.24 bits per heavy atom. The maximum atomic E-state index is 2.44. The maximum absolute atomic E-state index is 2.44. The van der Waals surface area contributed by atoms with E-state index in [1.807, 2.05) is 0 Å². The van der Waals surface area contributed by atoms with E-state index in [0.29, 0.717) is 0 Å². The van der Waals surface area contributed by atoms with Crippen molar-refractivity contribution in [2.24, 2.45) is 0 Å². The van der Waals surface area contributed by atoms with Crippen LogP contribution in [0.3, 0.4) is 0 Å². The number of rotatable bonds is 1. The van der Waals surface area contributed by atoms with Crippen LogP contribution in [0.2, 0.25) is 0 Å². The third-order valence-electron chi connectivity index (χ3n) is 3.94. The zero-order valence-corrected chi connectivity index (χ0v) is 13.5. The molecule has 0 N–H and O–H groups in total. The summed E-state index contributed by atoms with van der Waals surface area (Å²) in [5, 5.41) is 5.27. The van der Waals surface area contributed by atoms with Crippen LogP contribution in [0.5, 0.6) is 0 Å². The van der Waals surface area contributed by atoms with Gasteiger partial charge < -0.3 is 0 Å². The van der Waals surface area contributed by atoms with Crippen LogP contribution in [-0.4, -0.2) is 0 Å². The highest BCUT2D eigenvalue weighted by molar-refractivity contribution is 14.1. The summed E-state index contributed by atoms with van der Waals surface area (Å²) in [4.78, 5) is 0. The highest BCUT2D eigenvalue weighted by Gasteiger charge is 2.09. The van der Waals surface area contributed by atoms with Gasteiger partial charge in [-0.25, -0.2) is 0 Å². The van der Waals surface area contributed by atoms with E-state index in [9.17, 15) is 0 Å². The minimum absolute atomic E-state index is 1.28. The molecule has 0 aliphatic rings. The SMILES string of the molecule is Ic1ccc2c(ccc3ccccc32)c1-c1ccccc1. The van der Waals surface area contributed by atoms with Gasteiger partial charge in [0.05, 0.1) is 0 Å². The third kappa shape index (κ3) is 2.12. The molecular weight excluding hydrogens is 367 g/mol. The molecule has 0 bridgehead atoms. The van der Waals surface area contributed by atoms with Crippen LogP contribution in [-0.2, 0) is 0 Å². The van der Waals surface area contributed by atoms with Crippen LogP contribution in [0.4, 0.5) is 0 Å². The molecule has 0 aromatic heterocycles. The van der Waals surface area contributed by atoms with E-state index in [1.165, 1.54) is 36.2 Å². The number of fused-ring (bicyclic) bond motifs is 3. The molecule has 100 valence electrons. The van der Waals surface area contributed by atoms with Gasteiger partial charge in [0.1, 0.15) is 0 Å². The van der Waals surface area contributed by atoms with Gasteiger partial charge in [0.2, 0.25) is 0 Å². The molecule has 0 saturated carbocycles. The van der Waals surface area contributed by atoms with Crippen LogP contribution in [0, 0.1) is 3.57 Å². The van der Waals surface area contributed by atoms with Crippen LogP contribution in [0.15, 0.2) is 78.9 Å². The van der Waals surface area contributed by atoms with Gasteiger partial charge in [-0.3, -0.25) is 0 Å². The summed E-state index contributed by atoms with van der Waals surface area (Å²) >= 11 is 2.44. The second-order valence-corrected chi connectivity index (χ2v) is 6.33. The van der Waals surface area contributed by atoms with Gasteiger partial charge in [-0.05, 0) is 55.8 Å². The van der Waals surface area contributed by atoms with E-state index in [0.717, 1.165) is 0 Å². The van der Waals surface area contributed by atoms with Gasteiger partial charge in [0.15, 0.2) is 0 Å². The molecule has 0 amide bonds. The fraction of sp³-hybridized carbons (Fsp3) is 0. The van der Waals surface area contributed by atoms with Crippen molar-refractivity contribution in [3.05, 3.63) is 82.4 Å². The van der Waals surface area contributed by atoms with E-state index < -0.39 is 0 Å². The Labute approximate surface area is 137 Å². The summed E-state index contributed by atoms with van der Waals surface area (Å²) in [5.74, 6) is 0. The molecule has 1 heteroatoms. The normalized spacial score (nSPS) is 11.1. The Kier molecular flexibility index (Phi) is 3.15. The standard InChI is InChI=1S/C20H13I/c21-19-13-12-17-16-9-5-4-6-14(16)10-11-18(17)20(19)15-7-2-1-3-8-15/h1-13H. The minimum Gasteiger partial charge on any atom is -0.0622 e. The van der Waals surface area contributed by atoms with E-state index >= 15 is 0 Å². The first-order chi connectivity index (χ1) is 10.3. The van der Waals surface area contributed by atoms with Crippen molar-refractivity contribution in [3.8, 4) is 11.1 Å². The molecule has 0 aliphatic heterocycles. The highest BCUT2D eigenvalue weighted by atomic mass is 127. The zero-order valence-electron chi connectivity index (χ0n) is 11.4. The number of hydrogen-bond acceptors (Lipinski definition) is 0. The van der Waals surface area contributed by atoms with Crippen molar-refractivity contribution in [3.63, 3.8) is 0 Å². The second-order valence-electron chi connectivity index (χ2n) is 5.17. The Hall–Kier alpha value is -1.87. The molecule has 0 atom stereocenters. The summed E-state index contributed by atoms with van der Waals surface area (Å²) < 4.78 is 1.29. The fourth-order valence-corrected chi connectivity index (χ4v) is 3.74. The lowest BCUT2D eigenvalue weighted by Crippen LogP contribution is -1.87. The van der Waals surface area contributed by atoms with E-state index in [-0.39, 0.29) is 0 Å². The number of halogens is 1. The van der Waals surface area contributed by atoms with Crippen molar-refractivity contribution in [1.29, 1.82) is 0 Å². The Bertz CT molecular complexity index is 940. The second kappa shape index (κ2) is 5.15. The first-order valence-electron chi connectivity index (χ1n) is 7.00. The lowest BCUT2D eigenvalue weighted by Gasteiger charge is -2.12. The molecule has 4 aromatic rings. The molecule has 21 heavy (non-hydrogen) atoms. The number of benzene rings is 4. The first-order valence-corrected chi connectivity index (χ1v) is 8.08. The van der Waals surface area contributed by atoms with Gasteiger partial charge in [-0.1, -0.05) is 72.8 Å². The van der Waals surface area contributed by atoms with Gasteiger partial charge in [-0.2, -0.15) is 0 Å². The largest absolute Gasteiger partial charge is 0.0622 e. The van der Waals surface area contributed by atoms with E-state index in [2.05, 4.69) is 101 Å². The lowest BCUT2D eigenvalue weighted by atomic mass is 9.95. The molecule has 0 nitrogen and oxygen atoms in total. The lowest BCUT2D eigenvalue weighted by molar-refractivity contribution is 1.63. The van der Waals surface area contributed by atoms with Crippen LogP contribution in [0.1, 0.15) is 0 Å². The van der Waals surface area contributed by atoms with Gasteiger partial charge in [-0.15, -0.1) is 0 Å². The smallest absolute Gasteiger partial charge is 0.0215 e. The Morgan fingerprint density at radius 3 is 2.10 bits per heavy atom. The molecule has 0 radical (unpaired) electrons. The fourth-order valence-electron chi connectivity index (χ4n) is 2.96. The van der Waals surface area contributed by atoms with Crippen LogP contribution >= 0.6 is 22.6 Å². The molecule has 4 aromatic carbocycles. The third-order valence-corrected chi connectivity index (χ3v) is 4.84. The van der Waals surface area contributed by atoms with Gasteiger partial charge in [0.25, 0.3) is 0 Å². The van der Waals surface area contributed by atoms with Crippen molar-refractivity contribution in [2.45, 2.75) is 0 Å². The summed E-state index contributed by atoms with van der Waals surface area (Å²) in [5.41, 5.74) is 2.61. The Morgan fingerprint density at radius 1 is 0.524 bits per heavy atom. The average molecular weight is 380 g/mol. The molecule has 0 aliphatic carbocycles.